The fourth-order valence-electron chi connectivity index (χ4n) is 1.00. The van der Waals surface area contributed by atoms with Gasteiger partial charge in [0.05, 0.1) is 12.4 Å². The van der Waals surface area contributed by atoms with Crippen LogP contribution in [0.15, 0.2) is 12.4 Å². The quantitative estimate of drug-likeness (QED) is 0.657. The largest absolute Gasteiger partial charge is 0.480 e. The van der Waals surface area contributed by atoms with Gasteiger partial charge in [-0.15, -0.1) is 0 Å². The molecule has 1 aromatic heterocycles. The Labute approximate surface area is 88.4 Å². The van der Waals surface area contributed by atoms with E-state index in [0.717, 1.165) is 6.54 Å². The summed E-state index contributed by atoms with van der Waals surface area (Å²) in [6, 6.07) is 0. The van der Waals surface area contributed by atoms with Gasteiger partial charge in [0.1, 0.15) is 0 Å². The molecular weight excluding hydrogens is 196 g/mol. The van der Waals surface area contributed by atoms with Gasteiger partial charge in [0.2, 0.25) is 0 Å². The van der Waals surface area contributed by atoms with Crippen LogP contribution >= 0.6 is 0 Å². The third-order valence-electron chi connectivity index (χ3n) is 1.77. The molecule has 0 aliphatic carbocycles. The third kappa shape index (κ3) is 3.99. The molecule has 15 heavy (non-hydrogen) atoms. The van der Waals surface area contributed by atoms with E-state index in [-0.39, 0.29) is 12.5 Å². The molecule has 0 aromatic carbocycles. The van der Waals surface area contributed by atoms with E-state index in [1.165, 1.54) is 0 Å². The number of rotatable bonds is 6. The molecule has 0 spiro atoms. The molecule has 0 aliphatic heterocycles. The van der Waals surface area contributed by atoms with Crippen molar-refractivity contribution in [2.75, 3.05) is 19.7 Å². The van der Waals surface area contributed by atoms with Gasteiger partial charge in [-0.25, -0.2) is 0 Å². The smallest absolute Gasteiger partial charge is 0.257 e. The minimum atomic E-state index is -0.176. The lowest BCUT2D eigenvalue weighted by Gasteiger charge is -2.03. The van der Waals surface area contributed by atoms with Crippen LogP contribution in [0.25, 0.3) is 0 Å². The van der Waals surface area contributed by atoms with Crippen molar-refractivity contribution in [2.24, 2.45) is 5.73 Å². The fourth-order valence-corrected chi connectivity index (χ4v) is 1.00. The van der Waals surface area contributed by atoms with E-state index in [4.69, 9.17) is 10.5 Å². The van der Waals surface area contributed by atoms with Gasteiger partial charge in [-0.1, -0.05) is 0 Å². The average Bonchev–Trinajstić information content (AvgIpc) is 2.71. The summed E-state index contributed by atoms with van der Waals surface area (Å²) < 4.78 is 6.94. The van der Waals surface area contributed by atoms with Crippen molar-refractivity contribution in [1.29, 1.82) is 0 Å². The number of nitrogens with zero attached hydrogens (tertiary/aromatic N) is 2. The van der Waals surface area contributed by atoms with E-state index in [1.807, 2.05) is 6.92 Å². The first kappa shape index (κ1) is 11.5. The minimum absolute atomic E-state index is 0.00456. The Bertz CT molecular complexity index is 311. The lowest BCUT2D eigenvalue weighted by atomic mass is 10.5. The van der Waals surface area contributed by atoms with Gasteiger partial charge in [-0.3, -0.25) is 9.48 Å². The van der Waals surface area contributed by atoms with Gasteiger partial charge in [0.15, 0.2) is 12.4 Å². The van der Waals surface area contributed by atoms with E-state index in [9.17, 15) is 4.79 Å². The molecule has 0 radical (unpaired) electrons. The van der Waals surface area contributed by atoms with Crippen molar-refractivity contribution < 1.29 is 9.53 Å². The lowest BCUT2D eigenvalue weighted by molar-refractivity contribution is -0.123. The Morgan fingerprint density at radius 1 is 1.73 bits per heavy atom. The summed E-state index contributed by atoms with van der Waals surface area (Å²) in [4.78, 5) is 11.1. The molecule has 0 saturated heterocycles. The monoisotopic (exact) mass is 212 g/mol. The van der Waals surface area contributed by atoms with Crippen LogP contribution in [0.5, 0.6) is 5.75 Å². The van der Waals surface area contributed by atoms with Crippen molar-refractivity contribution in [1.82, 2.24) is 15.1 Å². The van der Waals surface area contributed by atoms with Crippen LogP contribution in [-0.2, 0) is 11.3 Å². The van der Waals surface area contributed by atoms with E-state index in [1.54, 1.807) is 17.1 Å². The number of aryl methyl sites for hydroxylation is 1. The number of nitrogens with two attached hydrogens (primary N) is 1. The van der Waals surface area contributed by atoms with Gasteiger partial charge in [-0.2, -0.15) is 5.10 Å². The number of carbonyl (C=O) groups excluding carboxylic acids is 1. The molecule has 0 saturated carbocycles. The van der Waals surface area contributed by atoms with Gasteiger partial charge < -0.3 is 15.8 Å². The molecule has 1 rings (SSSR count). The van der Waals surface area contributed by atoms with Crippen LogP contribution in [0.2, 0.25) is 0 Å². The highest BCUT2D eigenvalue weighted by Crippen LogP contribution is 2.07. The summed E-state index contributed by atoms with van der Waals surface area (Å²) in [5.74, 6) is 0.421. The van der Waals surface area contributed by atoms with E-state index in [0.29, 0.717) is 18.8 Å². The van der Waals surface area contributed by atoms with E-state index >= 15 is 0 Å². The lowest BCUT2D eigenvalue weighted by Crippen LogP contribution is -2.32. The second-order valence-corrected chi connectivity index (χ2v) is 2.96. The first-order valence-corrected chi connectivity index (χ1v) is 4.88. The van der Waals surface area contributed by atoms with Crippen molar-refractivity contribution in [3.63, 3.8) is 0 Å². The Morgan fingerprint density at radius 2 is 2.53 bits per heavy atom. The van der Waals surface area contributed by atoms with E-state index in [2.05, 4.69) is 10.4 Å². The Morgan fingerprint density at radius 3 is 3.13 bits per heavy atom. The summed E-state index contributed by atoms with van der Waals surface area (Å²) in [5.41, 5.74) is 5.24. The minimum Gasteiger partial charge on any atom is -0.480 e. The predicted octanol–water partition coefficient (Wildman–Crippen LogP) is -0.643. The van der Waals surface area contributed by atoms with Gasteiger partial charge >= 0.3 is 0 Å². The van der Waals surface area contributed by atoms with Crippen molar-refractivity contribution in [3.05, 3.63) is 12.4 Å². The summed E-state index contributed by atoms with van der Waals surface area (Å²) in [7, 11) is 0. The van der Waals surface area contributed by atoms with Gasteiger partial charge in [0, 0.05) is 19.6 Å². The van der Waals surface area contributed by atoms with Crippen LogP contribution < -0.4 is 15.8 Å². The molecule has 1 amide bonds. The molecular formula is C9H16N4O2. The summed E-state index contributed by atoms with van der Waals surface area (Å²) in [6.45, 7) is 3.65. The van der Waals surface area contributed by atoms with Crippen LogP contribution in [0.3, 0.4) is 0 Å². The summed E-state index contributed by atoms with van der Waals surface area (Å²) >= 11 is 0. The highest BCUT2D eigenvalue weighted by molar-refractivity contribution is 5.77. The molecule has 84 valence electrons. The zero-order valence-electron chi connectivity index (χ0n) is 8.77. The Balaban J connectivity index is 2.27. The number of hydrogen-bond acceptors (Lipinski definition) is 4. The topological polar surface area (TPSA) is 82.2 Å². The van der Waals surface area contributed by atoms with Crippen LogP contribution in [0, 0.1) is 0 Å². The van der Waals surface area contributed by atoms with Crippen LogP contribution in [-0.4, -0.2) is 35.4 Å². The summed E-state index contributed by atoms with van der Waals surface area (Å²) in [6.07, 6.45) is 3.33. The molecule has 0 unspecified atom stereocenters. The maximum absolute atomic E-state index is 11.1. The normalized spacial score (nSPS) is 10.0. The first-order valence-electron chi connectivity index (χ1n) is 4.88. The highest BCUT2D eigenvalue weighted by Gasteiger charge is 2.02. The first-order chi connectivity index (χ1) is 7.26. The maximum Gasteiger partial charge on any atom is 0.257 e. The maximum atomic E-state index is 11.1. The molecule has 6 nitrogen and oxygen atoms in total. The molecule has 0 bridgehead atoms. The predicted molar refractivity (Wildman–Crippen MR) is 55.5 cm³/mol. The number of ether oxygens (including phenoxy) is 1. The van der Waals surface area contributed by atoms with Crippen molar-refractivity contribution in [3.8, 4) is 5.75 Å². The third-order valence-corrected chi connectivity index (χ3v) is 1.77. The van der Waals surface area contributed by atoms with Crippen LogP contribution in [0.4, 0.5) is 0 Å². The standard InChI is InChI=1S/C9H16N4O2/c1-2-13-6-8(5-12-13)15-7-9(14)11-4-3-10/h5-6H,2-4,7,10H2,1H3,(H,11,14). The molecule has 0 atom stereocenters. The highest BCUT2D eigenvalue weighted by atomic mass is 16.5. The SMILES string of the molecule is CCn1cc(OCC(=O)NCCN)cn1. The number of amides is 1. The number of nitrogens with one attached hydrogen (secondary N) is 1. The zero-order chi connectivity index (χ0) is 11.1. The second kappa shape index (κ2) is 6.02. The molecule has 1 aromatic rings. The summed E-state index contributed by atoms with van der Waals surface area (Å²) in [5, 5.41) is 6.62. The molecule has 3 N–H and O–H groups in total. The fraction of sp³-hybridized carbons (Fsp3) is 0.556. The number of carbonyl (C=O) groups is 1. The van der Waals surface area contributed by atoms with Crippen molar-refractivity contribution in [2.45, 2.75) is 13.5 Å². The molecule has 0 fully saturated rings. The van der Waals surface area contributed by atoms with Gasteiger partial charge in [-0.05, 0) is 6.92 Å². The average molecular weight is 212 g/mol. The zero-order valence-corrected chi connectivity index (χ0v) is 8.77. The van der Waals surface area contributed by atoms with Gasteiger partial charge in [0.25, 0.3) is 5.91 Å². The van der Waals surface area contributed by atoms with Crippen LogP contribution in [0.1, 0.15) is 6.92 Å². The Kier molecular flexibility index (Phi) is 4.62. The molecule has 0 aliphatic rings. The molecule has 6 heteroatoms. The number of aromatic nitrogens is 2. The number of hydrogen-bond donors (Lipinski definition) is 2. The second-order valence-electron chi connectivity index (χ2n) is 2.96. The van der Waals surface area contributed by atoms with E-state index < -0.39 is 0 Å². The van der Waals surface area contributed by atoms with Crippen molar-refractivity contribution >= 4 is 5.91 Å². The Hall–Kier alpha value is -1.56. The molecule has 1 heterocycles.